The van der Waals surface area contributed by atoms with E-state index in [1.54, 1.807) is 0 Å². The standard InChI is InChI=1S/C6H3ClF3NO2/c7-4-1-3(2-11-5(4)12)13-6(8,9)10/h1-2H,(H,11,12). The highest BCUT2D eigenvalue weighted by Crippen LogP contribution is 2.22. The Morgan fingerprint density at radius 3 is 2.54 bits per heavy atom. The van der Waals surface area contributed by atoms with Gasteiger partial charge in [-0.05, 0) is 0 Å². The van der Waals surface area contributed by atoms with E-state index in [2.05, 4.69) is 4.74 Å². The Kier molecular flexibility index (Phi) is 2.51. The molecule has 1 aromatic heterocycles. The molecule has 0 aliphatic rings. The van der Waals surface area contributed by atoms with Crippen LogP contribution in [0.3, 0.4) is 0 Å². The third kappa shape index (κ3) is 2.98. The topological polar surface area (TPSA) is 42.1 Å². The second-order valence-electron chi connectivity index (χ2n) is 2.06. The van der Waals surface area contributed by atoms with Gasteiger partial charge in [-0.1, -0.05) is 11.6 Å². The van der Waals surface area contributed by atoms with E-state index in [-0.39, 0.29) is 5.02 Å². The third-order valence-corrected chi connectivity index (χ3v) is 1.35. The summed E-state index contributed by atoms with van der Waals surface area (Å²) in [6.07, 6.45) is -4.01. The van der Waals surface area contributed by atoms with E-state index in [0.29, 0.717) is 0 Å². The third-order valence-electron chi connectivity index (χ3n) is 1.06. The summed E-state index contributed by atoms with van der Waals surface area (Å²) in [5.41, 5.74) is -0.670. The molecule has 1 aromatic rings. The summed E-state index contributed by atoms with van der Waals surface area (Å²) in [4.78, 5) is 12.6. The van der Waals surface area contributed by atoms with Gasteiger partial charge in [0, 0.05) is 12.3 Å². The molecule has 0 fully saturated rings. The number of alkyl halides is 3. The summed E-state index contributed by atoms with van der Waals surface area (Å²) in [5.74, 6) is -0.558. The van der Waals surface area contributed by atoms with Crippen LogP contribution in [0, 0.1) is 0 Å². The van der Waals surface area contributed by atoms with E-state index < -0.39 is 17.7 Å². The molecule has 13 heavy (non-hydrogen) atoms. The molecule has 1 rings (SSSR count). The van der Waals surface area contributed by atoms with Crippen LogP contribution in [0.4, 0.5) is 13.2 Å². The van der Waals surface area contributed by atoms with Crippen LogP contribution in [0.5, 0.6) is 5.75 Å². The smallest absolute Gasteiger partial charge is 0.404 e. The fourth-order valence-corrected chi connectivity index (χ4v) is 0.792. The van der Waals surface area contributed by atoms with E-state index in [1.807, 2.05) is 4.98 Å². The second-order valence-corrected chi connectivity index (χ2v) is 2.47. The van der Waals surface area contributed by atoms with Crippen LogP contribution >= 0.6 is 11.6 Å². The summed E-state index contributed by atoms with van der Waals surface area (Å²) in [7, 11) is 0. The number of hydrogen-bond donors (Lipinski definition) is 1. The van der Waals surface area contributed by atoms with Gasteiger partial charge in [0.05, 0.1) is 0 Å². The highest BCUT2D eigenvalue weighted by molar-refractivity contribution is 6.30. The highest BCUT2D eigenvalue weighted by atomic mass is 35.5. The van der Waals surface area contributed by atoms with Crippen LogP contribution in [0.1, 0.15) is 0 Å². The van der Waals surface area contributed by atoms with Crippen molar-refractivity contribution in [2.24, 2.45) is 0 Å². The number of hydrogen-bond acceptors (Lipinski definition) is 2. The number of nitrogens with one attached hydrogen (secondary N) is 1. The van der Waals surface area contributed by atoms with E-state index in [1.165, 1.54) is 0 Å². The molecule has 0 saturated heterocycles. The van der Waals surface area contributed by atoms with Crippen molar-refractivity contribution in [2.75, 3.05) is 0 Å². The van der Waals surface area contributed by atoms with Crippen LogP contribution < -0.4 is 10.3 Å². The lowest BCUT2D eigenvalue weighted by Crippen LogP contribution is -2.18. The molecule has 0 saturated carbocycles. The van der Waals surface area contributed by atoms with Gasteiger partial charge >= 0.3 is 6.36 Å². The zero-order valence-corrected chi connectivity index (χ0v) is 6.74. The summed E-state index contributed by atoms with van der Waals surface area (Å²) < 4.78 is 38.3. The van der Waals surface area contributed by atoms with Crippen molar-refractivity contribution in [3.8, 4) is 5.75 Å². The zero-order valence-electron chi connectivity index (χ0n) is 5.98. The van der Waals surface area contributed by atoms with Crippen molar-refractivity contribution in [2.45, 2.75) is 6.36 Å². The summed E-state index contributed by atoms with van der Waals surface area (Å²) >= 11 is 5.25. The van der Waals surface area contributed by atoms with Crippen molar-refractivity contribution in [3.63, 3.8) is 0 Å². The number of pyridine rings is 1. The average molecular weight is 214 g/mol. The molecule has 0 amide bonds. The minimum atomic E-state index is -4.79. The van der Waals surface area contributed by atoms with Crippen molar-refractivity contribution in [3.05, 3.63) is 27.6 Å². The number of H-pyrrole nitrogens is 1. The zero-order chi connectivity index (χ0) is 10.1. The van der Waals surface area contributed by atoms with Crippen molar-refractivity contribution in [1.29, 1.82) is 0 Å². The van der Waals surface area contributed by atoms with Crippen molar-refractivity contribution in [1.82, 2.24) is 4.98 Å². The van der Waals surface area contributed by atoms with Gasteiger partial charge in [-0.2, -0.15) is 0 Å². The SMILES string of the molecule is O=c1[nH]cc(OC(F)(F)F)cc1Cl. The first-order valence-corrected chi connectivity index (χ1v) is 3.40. The molecule has 3 nitrogen and oxygen atoms in total. The largest absolute Gasteiger partial charge is 0.573 e. The Balaban J connectivity index is 2.92. The first-order chi connectivity index (χ1) is 5.88. The van der Waals surface area contributed by atoms with Gasteiger partial charge in [0.2, 0.25) is 0 Å². The monoisotopic (exact) mass is 213 g/mol. The van der Waals surface area contributed by atoms with Crippen LogP contribution in [-0.2, 0) is 0 Å². The highest BCUT2D eigenvalue weighted by Gasteiger charge is 2.31. The van der Waals surface area contributed by atoms with Crippen LogP contribution in [0.25, 0.3) is 0 Å². The Morgan fingerprint density at radius 1 is 1.46 bits per heavy atom. The molecule has 0 atom stereocenters. The predicted octanol–water partition coefficient (Wildman–Crippen LogP) is 1.93. The van der Waals surface area contributed by atoms with Crippen LogP contribution in [-0.4, -0.2) is 11.3 Å². The van der Waals surface area contributed by atoms with E-state index in [4.69, 9.17) is 11.6 Å². The molecule has 0 spiro atoms. The van der Waals surface area contributed by atoms with Gasteiger partial charge in [0.1, 0.15) is 10.8 Å². The molecule has 0 aromatic carbocycles. The summed E-state index contributed by atoms with van der Waals surface area (Å²) in [6.45, 7) is 0. The van der Waals surface area contributed by atoms with Gasteiger partial charge in [-0.3, -0.25) is 4.79 Å². The molecule has 0 aliphatic heterocycles. The van der Waals surface area contributed by atoms with E-state index >= 15 is 0 Å². The number of halogens is 4. The quantitative estimate of drug-likeness (QED) is 0.775. The Bertz CT molecular complexity index is 360. The molecule has 0 unspecified atom stereocenters. The van der Waals surface area contributed by atoms with Crippen LogP contribution in [0.15, 0.2) is 17.1 Å². The van der Waals surface area contributed by atoms with E-state index in [0.717, 1.165) is 12.3 Å². The average Bonchev–Trinajstić information content (AvgIpc) is 1.94. The Labute approximate surface area is 75.1 Å². The normalized spacial score (nSPS) is 11.4. The first kappa shape index (κ1) is 9.91. The fraction of sp³-hybridized carbons (Fsp3) is 0.167. The maximum Gasteiger partial charge on any atom is 0.573 e. The first-order valence-electron chi connectivity index (χ1n) is 3.02. The lowest BCUT2D eigenvalue weighted by molar-refractivity contribution is -0.274. The van der Waals surface area contributed by atoms with Gasteiger partial charge in [0.15, 0.2) is 0 Å². The molecule has 1 heterocycles. The molecule has 1 N–H and O–H groups in total. The summed E-state index contributed by atoms with van der Waals surface area (Å²) in [6, 6.07) is 0.786. The number of ether oxygens (including phenoxy) is 1. The van der Waals surface area contributed by atoms with Crippen molar-refractivity contribution >= 4 is 11.6 Å². The molecule has 0 radical (unpaired) electrons. The maximum atomic E-state index is 11.6. The molecule has 0 bridgehead atoms. The lowest BCUT2D eigenvalue weighted by Gasteiger charge is -2.07. The van der Waals surface area contributed by atoms with Crippen LogP contribution in [0.2, 0.25) is 5.02 Å². The van der Waals surface area contributed by atoms with Gasteiger partial charge < -0.3 is 9.72 Å². The minimum absolute atomic E-state index is 0.359. The van der Waals surface area contributed by atoms with Gasteiger partial charge in [-0.25, -0.2) is 0 Å². The maximum absolute atomic E-state index is 11.6. The van der Waals surface area contributed by atoms with Gasteiger partial charge in [0.25, 0.3) is 5.56 Å². The molecule has 72 valence electrons. The lowest BCUT2D eigenvalue weighted by atomic mass is 10.4. The number of aromatic nitrogens is 1. The second kappa shape index (κ2) is 3.29. The fourth-order valence-electron chi connectivity index (χ4n) is 0.630. The molecular formula is C6H3ClF3NO2. The van der Waals surface area contributed by atoms with Gasteiger partial charge in [-0.15, -0.1) is 13.2 Å². The Morgan fingerprint density at radius 2 is 2.08 bits per heavy atom. The van der Waals surface area contributed by atoms with Crippen molar-refractivity contribution < 1.29 is 17.9 Å². The number of aromatic amines is 1. The molecular weight excluding hydrogens is 211 g/mol. The minimum Gasteiger partial charge on any atom is -0.404 e. The summed E-state index contributed by atoms with van der Waals surface area (Å²) in [5, 5.41) is -0.359. The predicted molar refractivity (Wildman–Crippen MR) is 38.8 cm³/mol. The van der Waals surface area contributed by atoms with E-state index in [9.17, 15) is 18.0 Å². The molecule has 7 heteroatoms. The Hall–Kier alpha value is -1.17. The number of rotatable bonds is 1. The molecule has 0 aliphatic carbocycles.